The van der Waals surface area contributed by atoms with Crippen molar-refractivity contribution in [2.24, 2.45) is 5.92 Å². The maximum Gasteiger partial charge on any atom is 0.417 e. The molecule has 2 heterocycles. The lowest BCUT2D eigenvalue weighted by Crippen LogP contribution is -2.38. The predicted octanol–water partition coefficient (Wildman–Crippen LogP) is 7.84. The molecule has 222 valence electrons. The monoisotopic (exact) mass is 610 g/mol. The zero-order chi connectivity index (χ0) is 28.0. The Labute approximate surface area is 244 Å². The highest BCUT2D eigenvalue weighted by Crippen LogP contribution is 2.21. The Morgan fingerprint density at radius 3 is 2.18 bits per heavy atom. The molecule has 1 aromatic rings. The molecule has 2 atom stereocenters. The Bertz CT molecular complexity index is 767. The standard InChI is InChI=1S/C31H51BrN2O5/c1-2-3-4-5-6-7-8-9-10-11-12-13-14-17-20-37-24-27-21-29(38-25-27)26-39-31(36)34(30(35)22-32)23-28-18-15-16-19-33-28/h15-16,18-19,27,29H,2-14,17,20-26H2,1H3/t27-,29-/m1/s1. The number of carbonyl (C=O) groups excluding carboxylic acids is 2. The SMILES string of the molecule is CCCCCCCCCCCCCCCCOC[C@@H]1CO[C@@H](COC(=O)N(Cc2ccccn2)C(=O)CBr)C1. The highest BCUT2D eigenvalue weighted by atomic mass is 79.9. The van der Waals surface area contributed by atoms with Crippen LogP contribution < -0.4 is 0 Å². The third kappa shape index (κ3) is 15.8. The van der Waals surface area contributed by atoms with Gasteiger partial charge in [-0.15, -0.1) is 0 Å². The molecular formula is C31H51BrN2O5. The molecule has 0 aromatic carbocycles. The first kappa shape index (κ1) is 33.7. The van der Waals surface area contributed by atoms with Crippen LogP contribution in [0.15, 0.2) is 24.4 Å². The van der Waals surface area contributed by atoms with Crippen molar-refractivity contribution in [3.8, 4) is 0 Å². The lowest BCUT2D eigenvalue weighted by molar-refractivity contribution is -0.127. The summed E-state index contributed by atoms with van der Waals surface area (Å²) in [6.07, 6.45) is 20.6. The van der Waals surface area contributed by atoms with Gasteiger partial charge in [0.1, 0.15) is 6.61 Å². The molecule has 0 bridgehead atoms. The number of hydrogen-bond donors (Lipinski definition) is 0. The van der Waals surface area contributed by atoms with E-state index in [1.807, 2.05) is 6.07 Å². The van der Waals surface area contributed by atoms with E-state index in [2.05, 4.69) is 27.8 Å². The van der Waals surface area contributed by atoms with E-state index in [9.17, 15) is 9.59 Å². The number of imide groups is 1. The molecule has 0 N–H and O–H groups in total. The second-order valence-corrected chi connectivity index (χ2v) is 11.3. The molecule has 1 aliphatic heterocycles. The third-order valence-corrected chi connectivity index (χ3v) is 7.71. The van der Waals surface area contributed by atoms with Crippen LogP contribution >= 0.6 is 15.9 Å². The van der Waals surface area contributed by atoms with Crippen LogP contribution in [0.4, 0.5) is 4.79 Å². The Morgan fingerprint density at radius 1 is 0.949 bits per heavy atom. The van der Waals surface area contributed by atoms with Gasteiger partial charge in [0.25, 0.3) is 0 Å². The summed E-state index contributed by atoms with van der Waals surface area (Å²) in [6, 6.07) is 5.37. The van der Waals surface area contributed by atoms with Crippen molar-refractivity contribution < 1.29 is 23.8 Å². The Morgan fingerprint density at radius 2 is 1.59 bits per heavy atom. The topological polar surface area (TPSA) is 78.0 Å². The fraction of sp³-hybridized carbons (Fsp3) is 0.774. The molecule has 8 heteroatoms. The molecule has 2 amide bonds. The van der Waals surface area contributed by atoms with E-state index in [-0.39, 0.29) is 30.5 Å². The van der Waals surface area contributed by atoms with Crippen molar-refractivity contribution >= 4 is 27.9 Å². The van der Waals surface area contributed by atoms with E-state index in [1.54, 1.807) is 18.3 Å². The first-order valence-corrected chi connectivity index (χ1v) is 16.4. The smallest absolute Gasteiger partial charge is 0.417 e. The zero-order valence-corrected chi connectivity index (χ0v) is 25.7. The molecular weight excluding hydrogens is 560 g/mol. The lowest BCUT2D eigenvalue weighted by Gasteiger charge is -2.20. The fourth-order valence-electron chi connectivity index (χ4n) is 4.88. The van der Waals surface area contributed by atoms with Crippen LogP contribution in [-0.2, 0) is 25.5 Å². The van der Waals surface area contributed by atoms with Gasteiger partial charge in [0.05, 0.1) is 36.9 Å². The lowest BCUT2D eigenvalue weighted by atomic mass is 10.0. The quantitative estimate of drug-likeness (QED) is 0.0982. The van der Waals surface area contributed by atoms with Crippen molar-refractivity contribution in [2.45, 2.75) is 116 Å². The molecule has 1 aliphatic rings. The molecule has 0 radical (unpaired) electrons. The van der Waals surface area contributed by atoms with Crippen molar-refractivity contribution in [3.05, 3.63) is 30.1 Å². The largest absolute Gasteiger partial charge is 0.446 e. The fourth-order valence-corrected chi connectivity index (χ4v) is 5.19. The number of halogens is 1. The predicted molar refractivity (Wildman–Crippen MR) is 159 cm³/mol. The van der Waals surface area contributed by atoms with Gasteiger partial charge in [-0.2, -0.15) is 0 Å². The number of ether oxygens (including phenoxy) is 3. The van der Waals surface area contributed by atoms with Gasteiger partial charge in [-0.3, -0.25) is 9.78 Å². The number of aromatic nitrogens is 1. The maximum atomic E-state index is 12.6. The number of nitrogens with zero attached hydrogens (tertiary/aromatic N) is 2. The number of amides is 2. The van der Waals surface area contributed by atoms with Crippen molar-refractivity contribution in [2.75, 3.05) is 31.8 Å². The summed E-state index contributed by atoms with van der Waals surface area (Å²) in [5.41, 5.74) is 0.622. The molecule has 0 unspecified atom stereocenters. The van der Waals surface area contributed by atoms with Gasteiger partial charge in [0.2, 0.25) is 5.91 Å². The summed E-state index contributed by atoms with van der Waals surface area (Å²) >= 11 is 3.13. The average Bonchev–Trinajstić information content (AvgIpc) is 3.42. The van der Waals surface area contributed by atoms with Crippen LogP contribution in [0, 0.1) is 5.92 Å². The van der Waals surface area contributed by atoms with E-state index < -0.39 is 6.09 Å². The number of carbonyl (C=O) groups is 2. The second kappa shape index (κ2) is 22.2. The molecule has 0 spiro atoms. The average molecular weight is 612 g/mol. The molecule has 1 aromatic heterocycles. The molecule has 2 rings (SSSR count). The zero-order valence-electron chi connectivity index (χ0n) is 24.1. The van der Waals surface area contributed by atoms with Crippen molar-refractivity contribution in [1.82, 2.24) is 9.88 Å². The summed E-state index contributed by atoms with van der Waals surface area (Å²) in [4.78, 5) is 30.1. The van der Waals surface area contributed by atoms with E-state index in [0.717, 1.165) is 24.3 Å². The minimum Gasteiger partial charge on any atom is -0.446 e. The molecule has 0 saturated carbocycles. The van der Waals surface area contributed by atoms with Crippen molar-refractivity contribution in [1.29, 1.82) is 0 Å². The van der Waals surface area contributed by atoms with Gasteiger partial charge in [-0.1, -0.05) is 112 Å². The van der Waals surface area contributed by atoms with E-state index in [1.165, 1.54) is 83.5 Å². The summed E-state index contributed by atoms with van der Waals surface area (Å²) in [5.74, 6) is -0.0538. The first-order valence-electron chi connectivity index (χ1n) is 15.3. The van der Waals surface area contributed by atoms with Crippen LogP contribution in [0.5, 0.6) is 0 Å². The van der Waals surface area contributed by atoms with Gasteiger partial charge in [0.15, 0.2) is 0 Å². The molecule has 7 nitrogen and oxygen atoms in total. The minimum atomic E-state index is -0.675. The number of pyridine rings is 1. The van der Waals surface area contributed by atoms with Crippen molar-refractivity contribution in [3.63, 3.8) is 0 Å². The first-order chi connectivity index (χ1) is 19.1. The Kier molecular flexibility index (Phi) is 19.2. The molecule has 39 heavy (non-hydrogen) atoms. The summed E-state index contributed by atoms with van der Waals surface area (Å²) in [5, 5.41) is 0.0353. The van der Waals surface area contributed by atoms with Crippen LogP contribution in [0.3, 0.4) is 0 Å². The van der Waals surface area contributed by atoms with Gasteiger partial charge < -0.3 is 14.2 Å². The third-order valence-electron chi connectivity index (χ3n) is 7.23. The van der Waals surface area contributed by atoms with Gasteiger partial charge in [0, 0.05) is 18.7 Å². The van der Waals surface area contributed by atoms with Crippen LogP contribution in [0.2, 0.25) is 0 Å². The molecule has 1 fully saturated rings. The summed E-state index contributed by atoms with van der Waals surface area (Å²) in [7, 11) is 0. The second-order valence-electron chi connectivity index (χ2n) is 10.7. The summed E-state index contributed by atoms with van der Waals surface area (Å²) < 4.78 is 17.1. The molecule has 0 aliphatic carbocycles. The number of alkyl halides is 1. The van der Waals surface area contributed by atoms with Crippen LogP contribution in [0.25, 0.3) is 0 Å². The maximum absolute atomic E-state index is 12.6. The number of rotatable bonds is 22. The van der Waals surface area contributed by atoms with Crippen LogP contribution in [-0.4, -0.2) is 59.7 Å². The number of hydrogen-bond acceptors (Lipinski definition) is 6. The Balaban J connectivity index is 1.44. The van der Waals surface area contributed by atoms with E-state index in [0.29, 0.717) is 24.8 Å². The Hall–Kier alpha value is -1.51. The highest BCUT2D eigenvalue weighted by molar-refractivity contribution is 9.09. The van der Waals surface area contributed by atoms with E-state index >= 15 is 0 Å². The normalized spacial score (nSPS) is 16.9. The van der Waals surface area contributed by atoms with Gasteiger partial charge >= 0.3 is 6.09 Å². The minimum absolute atomic E-state index is 0.0353. The van der Waals surface area contributed by atoms with Gasteiger partial charge in [-0.05, 0) is 25.0 Å². The van der Waals surface area contributed by atoms with Crippen LogP contribution in [0.1, 0.15) is 109 Å². The molecule has 1 saturated heterocycles. The highest BCUT2D eigenvalue weighted by Gasteiger charge is 2.29. The summed E-state index contributed by atoms with van der Waals surface area (Å²) in [6.45, 7) is 4.56. The van der Waals surface area contributed by atoms with Gasteiger partial charge in [-0.25, -0.2) is 9.69 Å². The number of unbranched alkanes of at least 4 members (excludes halogenated alkanes) is 13. The van der Waals surface area contributed by atoms with E-state index in [4.69, 9.17) is 14.2 Å².